The number of aryl methyl sites for hydroxylation is 2. The van der Waals surface area contributed by atoms with Crippen molar-refractivity contribution in [1.82, 2.24) is 0 Å². The summed E-state index contributed by atoms with van der Waals surface area (Å²) in [4.78, 5) is 0. The molecule has 0 spiro atoms. The summed E-state index contributed by atoms with van der Waals surface area (Å²) in [7, 11) is 1.63. The second kappa shape index (κ2) is 8.53. The van der Waals surface area contributed by atoms with Crippen LogP contribution in [0, 0.1) is 13.8 Å². The molecule has 0 saturated heterocycles. The van der Waals surface area contributed by atoms with Crippen molar-refractivity contribution in [3.63, 3.8) is 0 Å². The van der Waals surface area contributed by atoms with Crippen molar-refractivity contribution >= 4 is 34.8 Å². The first-order valence-electron chi connectivity index (χ1n) is 8.22. The molecule has 0 radical (unpaired) electrons. The number of hydrogen-bond donors (Lipinski definition) is 0. The molecule has 0 aromatic heterocycles. The van der Waals surface area contributed by atoms with Gasteiger partial charge in [0.2, 0.25) is 3.79 Å². The summed E-state index contributed by atoms with van der Waals surface area (Å²) in [6, 6.07) is 11.7. The van der Waals surface area contributed by atoms with Crippen LogP contribution in [0.15, 0.2) is 36.4 Å². The van der Waals surface area contributed by atoms with E-state index in [4.69, 9.17) is 44.3 Å². The molecule has 0 aliphatic rings. The van der Waals surface area contributed by atoms with Crippen molar-refractivity contribution in [3.05, 3.63) is 58.7 Å². The van der Waals surface area contributed by atoms with Crippen molar-refractivity contribution in [2.45, 2.75) is 36.9 Å². The van der Waals surface area contributed by atoms with Crippen molar-refractivity contribution in [2.24, 2.45) is 0 Å². The van der Waals surface area contributed by atoms with Crippen LogP contribution in [-0.2, 0) is 0 Å². The summed E-state index contributed by atoms with van der Waals surface area (Å²) >= 11 is 19.1. The zero-order valence-corrected chi connectivity index (χ0v) is 17.2. The number of methoxy groups -OCH3 is 1. The van der Waals surface area contributed by atoms with Crippen LogP contribution in [0.25, 0.3) is 0 Å². The highest BCUT2D eigenvalue weighted by molar-refractivity contribution is 6.68. The molecule has 0 fully saturated rings. The van der Waals surface area contributed by atoms with E-state index in [0.29, 0.717) is 6.61 Å². The Bertz CT molecular complexity index is 706. The van der Waals surface area contributed by atoms with Gasteiger partial charge < -0.3 is 9.47 Å². The molecule has 2 rings (SSSR count). The van der Waals surface area contributed by atoms with E-state index in [1.165, 1.54) is 0 Å². The van der Waals surface area contributed by atoms with Gasteiger partial charge in [0, 0.05) is 0 Å². The first-order chi connectivity index (χ1) is 11.8. The minimum atomic E-state index is -1.47. The second-order valence-corrected chi connectivity index (χ2v) is 8.44. The number of hydrogen-bond acceptors (Lipinski definition) is 2. The van der Waals surface area contributed by atoms with Crippen LogP contribution in [0.4, 0.5) is 0 Å². The maximum absolute atomic E-state index is 6.36. The van der Waals surface area contributed by atoms with Gasteiger partial charge in [-0.1, -0.05) is 59.9 Å². The smallest absolute Gasteiger partial charge is 0.201 e. The minimum Gasteiger partial charge on any atom is -0.497 e. The van der Waals surface area contributed by atoms with Crippen molar-refractivity contribution < 1.29 is 9.47 Å². The lowest BCUT2D eigenvalue weighted by atomic mass is 9.88. The summed E-state index contributed by atoms with van der Waals surface area (Å²) in [5, 5.41) is 0. The monoisotopic (exact) mass is 400 g/mol. The average molecular weight is 402 g/mol. The summed E-state index contributed by atoms with van der Waals surface area (Å²) in [5.41, 5.74) is 3.96. The number of halogens is 3. The van der Waals surface area contributed by atoms with E-state index in [1.807, 2.05) is 44.2 Å². The number of benzene rings is 2. The van der Waals surface area contributed by atoms with Crippen LogP contribution < -0.4 is 9.47 Å². The Morgan fingerprint density at radius 3 is 2.16 bits per heavy atom. The van der Waals surface area contributed by atoms with E-state index in [9.17, 15) is 0 Å². The molecular formula is C20H23Cl3O2. The fraction of sp³-hybridized carbons (Fsp3) is 0.400. The molecule has 5 heteroatoms. The van der Waals surface area contributed by atoms with Gasteiger partial charge in [0.05, 0.1) is 19.6 Å². The van der Waals surface area contributed by atoms with Crippen LogP contribution in [0.1, 0.15) is 41.5 Å². The second-order valence-electron chi connectivity index (χ2n) is 6.07. The van der Waals surface area contributed by atoms with Crippen LogP contribution in [-0.4, -0.2) is 17.5 Å². The largest absolute Gasteiger partial charge is 0.497 e. The predicted molar refractivity (Wildman–Crippen MR) is 107 cm³/mol. The third-order valence-corrected chi connectivity index (χ3v) is 4.77. The minimum absolute atomic E-state index is 0.387. The van der Waals surface area contributed by atoms with Gasteiger partial charge in [0.25, 0.3) is 0 Å². The Balaban J connectivity index is 2.49. The Hall–Kier alpha value is -1.09. The van der Waals surface area contributed by atoms with Crippen LogP contribution in [0.5, 0.6) is 11.5 Å². The van der Waals surface area contributed by atoms with Gasteiger partial charge in [-0.05, 0) is 60.7 Å². The molecule has 136 valence electrons. The van der Waals surface area contributed by atoms with Gasteiger partial charge in [0.1, 0.15) is 11.5 Å². The molecular weight excluding hydrogens is 379 g/mol. The van der Waals surface area contributed by atoms with Crippen molar-refractivity contribution in [3.8, 4) is 11.5 Å². The lowest BCUT2D eigenvalue weighted by molar-refractivity contribution is 0.315. The molecule has 2 aromatic carbocycles. The highest BCUT2D eigenvalue weighted by atomic mass is 35.6. The third kappa shape index (κ3) is 4.97. The Kier molecular flexibility index (Phi) is 6.90. The lowest BCUT2D eigenvalue weighted by Gasteiger charge is -2.28. The fourth-order valence-corrected chi connectivity index (χ4v) is 3.56. The zero-order valence-electron chi connectivity index (χ0n) is 14.9. The van der Waals surface area contributed by atoms with Crippen LogP contribution in [0.3, 0.4) is 0 Å². The lowest BCUT2D eigenvalue weighted by Crippen LogP contribution is -2.20. The zero-order chi connectivity index (χ0) is 18.6. The van der Waals surface area contributed by atoms with E-state index in [2.05, 4.69) is 13.0 Å². The van der Waals surface area contributed by atoms with Crippen LogP contribution >= 0.6 is 34.8 Å². The maximum atomic E-state index is 6.36. The van der Waals surface area contributed by atoms with Gasteiger partial charge in [-0.3, -0.25) is 0 Å². The summed E-state index contributed by atoms with van der Waals surface area (Å²) < 4.78 is 9.55. The Labute approximate surface area is 165 Å². The summed E-state index contributed by atoms with van der Waals surface area (Å²) in [5.74, 6) is 1.26. The molecule has 0 bridgehead atoms. The number of ether oxygens (including phenoxy) is 2. The average Bonchev–Trinajstić information content (AvgIpc) is 2.56. The standard InChI is InChI=1S/C20H23Cl3O2/c1-5-10-25-18-12-13(2)17(11-14(18)3)19(20(21,22)23)15-6-8-16(24-4)9-7-15/h6-9,11-12,19H,5,10H2,1-4H3/t19-/m1/s1. The first-order valence-corrected chi connectivity index (χ1v) is 9.36. The van der Waals surface area contributed by atoms with Gasteiger partial charge >= 0.3 is 0 Å². The molecule has 0 heterocycles. The van der Waals surface area contributed by atoms with E-state index >= 15 is 0 Å². The molecule has 2 nitrogen and oxygen atoms in total. The Morgan fingerprint density at radius 1 is 1.00 bits per heavy atom. The molecule has 1 atom stereocenters. The van der Waals surface area contributed by atoms with Crippen molar-refractivity contribution in [1.29, 1.82) is 0 Å². The third-order valence-electron chi connectivity index (χ3n) is 4.11. The quantitative estimate of drug-likeness (QED) is 0.507. The molecule has 0 saturated carbocycles. The van der Waals surface area contributed by atoms with Crippen LogP contribution in [0.2, 0.25) is 0 Å². The van der Waals surface area contributed by atoms with Gasteiger partial charge in [-0.25, -0.2) is 0 Å². The first kappa shape index (κ1) is 20.2. The fourth-order valence-electron chi connectivity index (χ4n) is 2.83. The topological polar surface area (TPSA) is 18.5 Å². The van der Waals surface area contributed by atoms with Gasteiger partial charge in [-0.15, -0.1) is 0 Å². The van der Waals surface area contributed by atoms with Gasteiger partial charge in [0.15, 0.2) is 0 Å². The molecule has 0 aliphatic carbocycles. The highest BCUT2D eigenvalue weighted by Gasteiger charge is 2.36. The Morgan fingerprint density at radius 2 is 1.64 bits per heavy atom. The highest BCUT2D eigenvalue weighted by Crippen LogP contribution is 2.47. The molecule has 0 amide bonds. The molecule has 0 unspecified atom stereocenters. The summed E-state index contributed by atoms with van der Waals surface area (Å²) in [6.45, 7) is 6.79. The van der Waals surface area contributed by atoms with E-state index in [-0.39, 0.29) is 5.92 Å². The summed E-state index contributed by atoms with van der Waals surface area (Å²) in [6.07, 6.45) is 0.961. The van der Waals surface area contributed by atoms with Crippen molar-refractivity contribution in [2.75, 3.05) is 13.7 Å². The maximum Gasteiger partial charge on any atom is 0.201 e. The van der Waals surface area contributed by atoms with E-state index < -0.39 is 3.79 Å². The molecule has 0 N–H and O–H groups in total. The normalized spacial score (nSPS) is 12.8. The van der Waals surface area contributed by atoms with E-state index in [0.717, 1.165) is 40.2 Å². The molecule has 25 heavy (non-hydrogen) atoms. The van der Waals surface area contributed by atoms with E-state index in [1.54, 1.807) is 7.11 Å². The van der Waals surface area contributed by atoms with Gasteiger partial charge in [-0.2, -0.15) is 0 Å². The SMILES string of the molecule is CCCOc1cc(C)c([C@@H](c2ccc(OC)cc2)C(Cl)(Cl)Cl)cc1C. The number of alkyl halides is 3. The predicted octanol–water partition coefficient (Wildman–Crippen LogP) is 6.60. The molecule has 2 aromatic rings. The number of rotatable bonds is 6. The molecule has 0 aliphatic heterocycles.